The summed E-state index contributed by atoms with van der Waals surface area (Å²) in [6.07, 6.45) is 0. The SMILES string of the molecule is c1ccc(-c2nc(-c3ccc(-c4cccc5c4-c4ccccc4C4(O5)c5ccccc5-c5ccccc54)cc3)nc(-c3ccccc3-c3ccccc3)n2)cc1. The average Bonchev–Trinajstić information content (AvgIpc) is 3.56. The molecular weight excluding hydrogens is 683 g/mol. The van der Waals surface area contributed by atoms with Crippen LogP contribution in [0, 0.1) is 0 Å². The smallest absolute Gasteiger partial charge is 0.186 e. The van der Waals surface area contributed by atoms with Crippen molar-refractivity contribution in [2.75, 3.05) is 0 Å². The molecule has 2 heterocycles. The standard InChI is InChI=1S/C52H33N3O/c1-3-16-34(17-4-1)38-20-7-8-23-42(38)51-54-49(36-18-5-2-6-19-36)53-50(55-51)37-32-30-35(31-33-37)39-25-15-29-47-48(39)43-24-11-14-28-46(43)52(56-47)44-26-12-9-21-40(44)41-22-10-13-27-45(41)52/h1-33H. The summed E-state index contributed by atoms with van der Waals surface area (Å²) in [4.78, 5) is 15.2. The highest BCUT2D eigenvalue weighted by Crippen LogP contribution is 2.59. The maximum absolute atomic E-state index is 7.34. The summed E-state index contributed by atoms with van der Waals surface area (Å²) in [7, 11) is 0. The van der Waals surface area contributed by atoms with Crippen LogP contribution in [0.3, 0.4) is 0 Å². The summed E-state index contributed by atoms with van der Waals surface area (Å²) < 4.78 is 7.34. The van der Waals surface area contributed by atoms with Crippen molar-refractivity contribution in [3.05, 3.63) is 217 Å². The fraction of sp³-hybridized carbons (Fsp3) is 0.0192. The number of nitrogens with zero attached hydrogens (tertiary/aromatic N) is 3. The fourth-order valence-electron chi connectivity index (χ4n) is 8.65. The van der Waals surface area contributed by atoms with Gasteiger partial charge in [-0.2, -0.15) is 0 Å². The molecule has 11 rings (SSSR count). The summed E-state index contributed by atoms with van der Waals surface area (Å²) in [6.45, 7) is 0. The van der Waals surface area contributed by atoms with Gasteiger partial charge in [0, 0.05) is 38.9 Å². The van der Waals surface area contributed by atoms with Crippen LogP contribution in [0.1, 0.15) is 16.7 Å². The van der Waals surface area contributed by atoms with Gasteiger partial charge in [-0.25, -0.2) is 15.0 Å². The predicted octanol–water partition coefficient (Wildman–Crippen LogP) is 12.5. The van der Waals surface area contributed by atoms with Crippen LogP contribution in [0.5, 0.6) is 5.75 Å². The average molecular weight is 716 g/mol. The van der Waals surface area contributed by atoms with Gasteiger partial charge < -0.3 is 4.74 Å². The summed E-state index contributed by atoms with van der Waals surface area (Å²) in [5.74, 6) is 2.75. The molecule has 0 fully saturated rings. The lowest BCUT2D eigenvalue weighted by molar-refractivity contribution is 0.157. The third-order valence-electron chi connectivity index (χ3n) is 11.1. The molecule has 1 aromatic heterocycles. The number of benzene rings is 8. The summed E-state index contributed by atoms with van der Waals surface area (Å²) in [6, 6.07) is 69.8. The Morgan fingerprint density at radius 3 is 1.32 bits per heavy atom. The van der Waals surface area contributed by atoms with Crippen molar-refractivity contribution in [3.8, 4) is 84.4 Å². The van der Waals surface area contributed by atoms with Crippen LogP contribution in [-0.2, 0) is 5.60 Å². The minimum absolute atomic E-state index is 0.618. The van der Waals surface area contributed by atoms with Gasteiger partial charge in [0.15, 0.2) is 23.1 Å². The molecule has 1 spiro atoms. The molecule has 1 aliphatic carbocycles. The second-order valence-electron chi connectivity index (χ2n) is 14.3. The van der Waals surface area contributed by atoms with Crippen molar-refractivity contribution in [2.24, 2.45) is 0 Å². The third kappa shape index (κ3) is 4.96. The number of hydrogen-bond acceptors (Lipinski definition) is 4. The minimum atomic E-state index is -0.745. The molecule has 0 saturated heterocycles. The van der Waals surface area contributed by atoms with Crippen molar-refractivity contribution in [1.29, 1.82) is 0 Å². The van der Waals surface area contributed by atoms with E-state index in [1.54, 1.807) is 0 Å². The Bertz CT molecular complexity index is 2890. The normalized spacial score (nSPS) is 12.9. The minimum Gasteiger partial charge on any atom is -0.472 e. The van der Waals surface area contributed by atoms with Gasteiger partial charge in [-0.15, -0.1) is 0 Å². The first-order chi connectivity index (χ1) is 27.8. The Morgan fingerprint density at radius 1 is 0.286 bits per heavy atom. The zero-order valence-corrected chi connectivity index (χ0v) is 30.3. The van der Waals surface area contributed by atoms with Gasteiger partial charge in [0.05, 0.1) is 0 Å². The summed E-state index contributed by atoms with van der Waals surface area (Å²) in [5, 5.41) is 0. The highest BCUT2D eigenvalue weighted by molar-refractivity contribution is 5.94. The van der Waals surface area contributed by atoms with E-state index in [2.05, 4.69) is 158 Å². The second kappa shape index (κ2) is 12.9. The van der Waals surface area contributed by atoms with Gasteiger partial charge in [-0.05, 0) is 45.0 Å². The first-order valence-corrected chi connectivity index (χ1v) is 18.9. The van der Waals surface area contributed by atoms with Gasteiger partial charge in [-0.1, -0.05) is 194 Å². The number of hydrogen-bond donors (Lipinski definition) is 0. The Labute approximate surface area is 325 Å². The van der Waals surface area contributed by atoms with Crippen molar-refractivity contribution < 1.29 is 4.74 Å². The Hall–Kier alpha value is -7.43. The number of fused-ring (bicyclic) bond motifs is 9. The molecule has 0 unspecified atom stereocenters. The lowest BCUT2D eigenvalue weighted by Crippen LogP contribution is -2.36. The van der Waals surface area contributed by atoms with Crippen molar-refractivity contribution in [2.45, 2.75) is 5.60 Å². The van der Waals surface area contributed by atoms with Crippen LogP contribution in [0.25, 0.3) is 78.7 Å². The largest absolute Gasteiger partial charge is 0.472 e. The molecule has 0 amide bonds. The van der Waals surface area contributed by atoms with Crippen LogP contribution in [0.4, 0.5) is 0 Å². The van der Waals surface area contributed by atoms with E-state index in [1.165, 1.54) is 27.8 Å². The van der Waals surface area contributed by atoms with Gasteiger partial charge in [0.2, 0.25) is 0 Å². The van der Waals surface area contributed by atoms with E-state index in [4.69, 9.17) is 19.7 Å². The van der Waals surface area contributed by atoms with E-state index in [1.807, 2.05) is 42.5 Å². The molecule has 9 aromatic rings. The van der Waals surface area contributed by atoms with E-state index in [9.17, 15) is 0 Å². The topological polar surface area (TPSA) is 47.9 Å². The molecule has 0 N–H and O–H groups in total. The van der Waals surface area contributed by atoms with E-state index in [0.29, 0.717) is 17.5 Å². The van der Waals surface area contributed by atoms with Crippen LogP contribution < -0.4 is 4.74 Å². The number of rotatable bonds is 5. The van der Waals surface area contributed by atoms with E-state index >= 15 is 0 Å². The Morgan fingerprint density at radius 2 is 0.696 bits per heavy atom. The van der Waals surface area contributed by atoms with Crippen molar-refractivity contribution in [1.82, 2.24) is 15.0 Å². The van der Waals surface area contributed by atoms with Crippen LogP contribution in [0.15, 0.2) is 200 Å². The van der Waals surface area contributed by atoms with E-state index in [-0.39, 0.29) is 0 Å². The summed E-state index contributed by atoms with van der Waals surface area (Å²) in [5.41, 5.74) is 14.6. The lowest BCUT2D eigenvalue weighted by Gasteiger charge is -2.40. The molecule has 0 atom stereocenters. The molecule has 0 radical (unpaired) electrons. The molecule has 0 bridgehead atoms. The Kier molecular flexibility index (Phi) is 7.36. The quantitative estimate of drug-likeness (QED) is 0.178. The molecule has 4 heteroatoms. The Balaban J connectivity index is 1.03. The lowest BCUT2D eigenvalue weighted by atomic mass is 9.76. The molecule has 4 nitrogen and oxygen atoms in total. The number of ether oxygens (including phenoxy) is 1. The maximum Gasteiger partial charge on any atom is 0.186 e. The molecule has 56 heavy (non-hydrogen) atoms. The van der Waals surface area contributed by atoms with Crippen molar-refractivity contribution >= 4 is 0 Å². The monoisotopic (exact) mass is 715 g/mol. The van der Waals surface area contributed by atoms with E-state index < -0.39 is 5.60 Å². The van der Waals surface area contributed by atoms with E-state index in [0.717, 1.165) is 55.8 Å². The van der Waals surface area contributed by atoms with Gasteiger partial charge in [0.25, 0.3) is 0 Å². The van der Waals surface area contributed by atoms with Gasteiger partial charge in [0.1, 0.15) is 5.75 Å². The zero-order chi connectivity index (χ0) is 37.1. The highest BCUT2D eigenvalue weighted by Gasteiger charge is 2.50. The molecule has 2 aliphatic rings. The molecular formula is C52H33N3O. The first-order valence-electron chi connectivity index (χ1n) is 18.9. The predicted molar refractivity (Wildman–Crippen MR) is 225 cm³/mol. The first kappa shape index (κ1) is 32.0. The number of aromatic nitrogens is 3. The maximum atomic E-state index is 7.34. The second-order valence-corrected chi connectivity index (χ2v) is 14.3. The van der Waals surface area contributed by atoms with Crippen molar-refractivity contribution in [3.63, 3.8) is 0 Å². The fourth-order valence-corrected chi connectivity index (χ4v) is 8.65. The zero-order valence-electron chi connectivity index (χ0n) is 30.3. The summed E-state index contributed by atoms with van der Waals surface area (Å²) >= 11 is 0. The molecule has 262 valence electrons. The molecule has 8 aromatic carbocycles. The molecule has 1 aliphatic heterocycles. The highest BCUT2D eigenvalue weighted by atomic mass is 16.5. The van der Waals surface area contributed by atoms with Crippen LogP contribution in [-0.4, -0.2) is 15.0 Å². The van der Waals surface area contributed by atoms with Gasteiger partial charge >= 0.3 is 0 Å². The third-order valence-corrected chi connectivity index (χ3v) is 11.1. The van der Waals surface area contributed by atoms with Crippen LogP contribution >= 0.6 is 0 Å². The van der Waals surface area contributed by atoms with Gasteiger partial charge in [-0.3, -0.25) is 0 Å². The van der Waals surface area contributed by atoms with Crippen LogP contribution in [0.2, 0.25) is 0 Å². The molecule has 0 saturated carbocycles.